The highest BCUT2D eigenvalue weighted by Gasteiger charge is 2.22. The summed E-state index contributed by atoms with van der Waals surface area (Å²) in [6.45, 7) is 1.03. The third-order valence-corrected chi connectivity index (χ3v) is 5.25. The molecule has 29 heavy (non-hydrogen) atoms. The molecule has 8 nitrogen and oxygen atoms in total. The van der Waals surface area contributed by atoms with Crippen molar-refractivity contribution in [1.29, 1.82) is 0 Å². The second-order valence-electron chi connectivity index (χ2n) is 6.38. The number of benzene rings is 2. The summed E-state index contributed by atoms with van der Waals surface area (Å²) in [4.78, 5) is 12.9. The van der Waals surface area contributed by atoms with Crippen LogP contribution in [-0.2, 0) is 29.2 Å². The van der Waals surface area contributed by atoms with Crippen LogP contribution in [0.25, 0.3) is 0 Å². The zero-order valence-corrected chi connectivity index (χ0v) is 17.2. The maximum absolute atomic E-state index is 11.8. The fourth-order valence-electron chi connectivity index (χ4n) is 2.96. The molecule has 0 aliphatic carbocycles. The molecule has 0 bridgehead atoms. The number of nitrogens with zero attached hydrogens (tertiary/aromatic N) is 4. The normalized spacial score (nSPS) is 12.0. The average molecular weight is 413 g/mol. The molecule has 152 valence electrons. The molecule has 3 aromatic rings. The number of carbonyl (C=O) groups is 1. The topological polar surface area (TPSA) is 108 Å². The summed E-state index contributed by atoms with van der Waals surface area (Å²) in [5.41, 5.74) is 8.92. The molecule has 0 radical (unpaired) electrons. The molecule has 9 heteroatoms. The van der Waals surface area contributed by atoms with Gasteiger partial charge in [-0.05, 0) is 45.5 Å². The first-order chi connectivity index (χ1) is 14.1. The lowest BCUT2D eigenvalue weighted by atomic mass is 10.0. The van der Waals surface area contributed by atoms with Gasteiger partial charge in [-0.25, -0.2) is 4.68 Å². The van der Waals surface area contributed by atoms with Gasteiger partial charge in [0.1, 0.15) is 6.54 Å². The minimum absolute atomic E-state index is 0.0530. The smallest absolute Gasteiger partial charge is 0.327 e. The van der Waals surface area contributed by atoms with Crippen LogP contribution in [0.15, 0.2) is 53.4 Å². The van der Waals surface area contributed by atoms with Gasteiger partial charge in [0.2, 0.25) is 0 Å². The Morgan fingerprint density at radius 2 is 2.00 bits per heavy atom. The number of thioether (sulfide) groups is 1. The van der Waals surface area contributed by atoms with E-state index in [1.54, 1.807) is 11.8 Å². The van der Waals surface area contributed by atoms with Gasteiger partial charge in [-0.1, -0.05) is 36.4 Å². The van der Waals surface area contributed by atoms with Crippen LogP contribution >= 0.6 is 11.8 Å². The zero-order valence-electron chi connectivity index (χ0n) is 16.4. The highest BCUT2D eigenvalue weighted by atomic mass is 32.2. The lowest BCUT2D eigenvalue weighted by molar-refractivity contribution is -0.141. The Morgan fingerprint density at radius 1 is 1.24 bits per heavy atom. The Morgan fingerprint density at radius 3 is 2.69 bits per heavy atom. The quantitative estimate of drug-likeness (QED) is 0.405. The first kappa shape index (κ1) is 21.0. The molecule has 1 aromatic heterocycles. The van der Waals surface area contributed by atoms with Crippen molar-refractivity contribution in [2.75, 3.05) is 13.4 Å². The number of nitrogens with one attached hydrogen (secondary N) is 1. The van der Waals surface area contributed by atoms with Crippen LogP contribution in [0.2, 0.25) is 0 Å². The minimum atomic E-state index is -0.411. The molecule has 0 fully saturated rings. The van der Waals surface area contributed by atoms with E-state index in [1.807, 2.05) is 36.6 Å². The van der Waals surface area contributed by atoms with Crippen molar-refractivity contribution in [3.05, 3.63) is 71.0 Å². The maximum Gasteiger partial charge on any atom is 0.327 e. The molecule has 0 aliphatic rings. The number of tetrazole rings is 1. The largest absolute Gasteiger partial charge is 0.468 e. The summed E-state index contributed by atoms with van der Waals surface area (Å²) in [5, 5.41) is 15.4. The molecule has 1 unspecified atom stereocenters. The second-order valence-corrected chi connectivity index (χ2v) is 7.26. The monoisotopic (exact) mass is 412 g/mol. The SMILES string of the molecule is COC(=O)Cn1nnnc1C(NCc1cccc(CN)c1)c1ccc(SC)cc1. The molecule has 0 amide bonds. The van der Waals surface area contributed by atoms with Gasteiger partial charge >= 0.3 is 5.97 Å². The summed E-state index contributed by atoms with van der Waals surface area (Å²) in [7, 11) is 1.34. The number of rotatable bonds is 9. The van der Waals surface area contributed by atoms with Crippen molar-refractivity contribution in [2.45, 2.75) is 30.6 Å². The number of hydrogen-bond acceptors (Lipinski definition) is 8. The van der Waals surface area contributed by atoms with E-state index in [1.165, 1.54) is 11.8 Å². The lowest BCUT2D eigenvalue weighted by Crippen LogP contribution is -2.27. The van der Waals surface area contributed by atoms with Gasteiger partial charge in [-0.3, -0.25) is 10.1 Å². The molecule has 0 saturated heterocycles. The number of hydrogen-bond donors (Lipinski definition) is 2. The van der Waals surface area contributed by atoms with Gasteiger partial charge in [-0.2, -0.15) is 0 Å². The Balaban J connectivity index is 1.89. The number of aromatic nitrogens is 4. The van der Waals surface area contributed by atoms with Gasteiger partial charge in [0.15, 0.2) is 5.82 Å². The van der Waals surface area contributed by atoms with E-state index >= 15 is 0 Å². The van der Waals surface area contributed by atoms with Crippen molar-refractivity contribution >= 4 is 17.7 Å². The average Bonchev–Trinajstić information content (AvgIpc) is 3.22. The molecule has 0 saturated carbocycles. The number of esters is 1. The Labute approximate surface area is 173 Å². The second kappa shape index (κ2) is 10.1. The third kappa shape index (κ3) is 5.41. The number of nitrogens with two attached hydrogens (primary N) is 1. The molecule has 3 rings (SSSR count). The molecule has 2 aromatic carbocycles. The molecular formula is C20H24N6O2S. The highest BCUT2D eigenvalue weighted by Crippen LogP contribution is 2.24. The van der Waals surface area contributed by atoms with E-state index in [9.17, 15) is 4.79 Å². The van der Waals surface area contributed by atoms with Crippen LogP contribution in [-0.4, -0.2) is 39.5 Å². The standard InChI is InChI=1S/C20H24N6O2S/c1-28-18(27)13-26-20(23-24-25-26)19(16-6-8-17(29-2)9-7-16)22-12-15-5-3-4-14(10-15)11-21/h3-10,19,22H,11-13,21H2,1-2H3. The van der Waals surface area contributed by atoms with E-state index in [0.29, 0.717) is 18.9 Å². The van der Waals surface area contributed by atoms with Gasteiger partial charge in [0, 0.05) is 18.0 Å². The minimum Gasteiger partial charge on any atom is -0.468 e. The number of carbonyl (C=O) groups excluding carboxylic acids is 1. The molecule has 0 spiro atoms. The van der Waals surface area contributed by atoms with Crippen molar-refractivity contribution in [2.24, 2.45) is 5.73 Å². The highest BCUT2D eigenvalue weighted by molar-refractivity contribution is 7.98. The molecule has 1 atom stereocenters. The van der Waals surface area contributed by atoms with Crippen LogP contribution in [0.4, 0.5) is 0 Å². The van der Waals surface area contributed by atoms with Crippen LogP contribution in [0.5, 0.6) is 0 Å². The third-order valence-electron chi connectivity index (χ3n) is 4.51. The van der Waals surface area contributed by atoms with Gasteiger partial charge < -0.3 is 10.5 Å². The van der Waals surface area contributed by atoms with E-state index in [4.69, 9.17) is 10.5 Å². The van der Waals surface area contributed by atoms with E-state index in [2.05, 4.69) is 39.0 Å². The predicted molar refractivity (Wildman–Crippen MR) is 111 cm³/mol. The van der Waals surface area contributed by atoms with Gasteiger partial charge in [-0.15, -0.1) is 16.9 Å². The van der Waals surface area contributed by atoms with Crippen LogP contribution in [0.3, 0.4) is 0 Å². The summed E-state index contributed by atoms with van der Waals surface area (Å²) in [6.07, 6.45) is 2.03. The summed E-state index contributed by atoms with van der Waals surface area (Å²) >= 11 is 1.68. The first-order valence-corrected chi connectivity index (χ1v) is 10.3. The summed E-state index contributed by atoms with van der Waals surface area (Å²) < 4.78 is 6.22. The summed E-state index contributed by atoms with van der Waals surface area (Å²) in [5.74, 6) is 0.132. The van der Waals surface area contributed by atoms with E-state index in [-0.39, 0.29) is 12.6 Å². The number of methoxy groups -OCH3 is 1. The maximum atomic E-state index is 11.8. The fraction of sp³-hybridized carbons (Fsp3) is 0.300. The van der Waals surface area contributed by atoms with Crippen molar-refractivity contribution in [3.8, 4) is 0 Å². The first-order valence-electron chi connectivity index (χ1n) is 9.12. The summed E-state index contributed by atoms with van der Waals surface area (Å²) in [6, 6.07) is 16.0. The van der Waals surface area contributed by atoms with Crippen molar-refractivity contribution in [3.63, 3.8) is 0 Å². The Bertz CT molecular complexity index is 944. The van der Waals surface area contributed by atoms with Crippen LogP contribution < -0.4 is 11.1 Å². The van der Waals surface area contributed by atoms with Crippen molar-refractivity contribution in [1.82, 2.24) is 25.5 Å². The van der Waals surface area contributed by atoms with Gasteiger partial charge in [0.25, 0.3) is 0 Å². The molecular weight excluding hydrogens is 388 g/mol. The van der Waals surface area contributed by atoms with Crippen LogP contribution in [0, 0.1) is 0 Å². The lowest BCUT2D eigenvalue weighted by Gasteiger charge is -2.19. The van der Waals surface area contributed by atoms with E-state index in [0.717, 1.165) is 21.6 Å². The molecule has 3 N–H and O–H groups in total. The fourth-order valence-corrected chi connectivity index (χ4v) is 3.37. The Hall–Kier alpha value is -2.75. The van der Waals surface area contributed by atoms with Gasteiger partial charge in [0.05, 0.1) is 13.2 Å². The molecule has 0 aliphatic heterocycles. The zero-order chi connectivity index (χ0) is 20.6. The van der Waals surface area contributed by atoms with Crippen molar-refractivity contribution < 1.29 is 9.53 Å². The number of ether oxygens (including phenoxy) is 1. The predicted octanol–water partition coefficient (Wildman–Crippen LogP) is 1.91. The van der Waals surface area contributed by atoms with Crippen LogP contribution in [0.1, 0.15) is 28.6 Å². The van der Waals surface area contributed by atoms with E-state index < -0.39 is 5.97 Å². The molecule has 1 heterocycles. The Kier molecular flexibility index (Phi) is 7.34.